The van der Waals surface area contributed by atoms with Crippen molar-refractivity contribution >= 4 is 28.8 Å². The second-order valence-electron chi connectivity index (χ2n) is 6.84. The minimum Gasteiger partial charge on any atom is -0.351 e. The Kier molecular flexibility index (Phi) is 5.62. The minimum atomic E-state index is -0.160. The molecule has 1 aromatic carbocycles. The van der Waals surface area contributed by atoms with Gasteiger partial charge >= 0.3 is 0 Å². The van der Waals surface area contributed by atoms with Crippen LogP contribution in [0.2, 0.25) is 0 Å². The summed E-state index contributed by atoms with van der Waals surface area (Å²) in [6, 6.07) is 11.4. The van der Waals surface area contributed by atoms with Gasteiger partial charge in [-0.3, -0.25) is 9.59 Å². The standard InChI is InChI=1S/C21H21N5O2S/c1-2-16-18(29-21(25-16)19-22-9-6-10-23-19)20(28)24-12-14-11-17(27)26(13-14)15-7-4-3-5-8-15/h3-10,14H,2,11-13H2,1H3,(H,24,28). The van der Waals surface area contributed by atoms with Gasteiger partial charge < -0.3 is 10.2 Å². The number of hydrogen-bond acceptors (Lipinski definition) is 6. The average molecular weight is 407 g/mol. The van der Waals surface area contributed by atoms with Crippen molar-refractivity contribution in [3.05, 3.63) is 59.4 Å². The van der Waals surface area contributed by atoms with Crippen LogP contribution < -0.4 is 10.2 Å². The first-order chi connectivity index (χ1) is 14.2. The molecule has 0 saturated carbocycles. The van der Waals surface area contributed by atoms with Crippen molar-refractivity contribution < 1.29 is 9.59 Å². The summed E-state index contributed by atoms with van der Waals surface area (Å²) in [6.07, 6.45) is 4.40. The molecule has 1 aliphatic rings. The summed E-state index contributed by atoms with van der Waals surface area (Å²) in [6.45, 7) is 3.02. The third-order valence-corrected chi connectivity index (χ3v) is 5.91. The third kappa shape index (κ3) is 4.17. The maximum absolute atomic E-state index is 12.8. The Hall–Kier alpha value is -3.13. The molecule has 0 radical (unpaired) electrons. The van der Waals surface area contributed by atoms with Crippen molar-refractivity contribution in [1.82, 2.24) is 20.3 Å². The first-order valence-electron chi connectivity index (χ1n) is 9.56. The third-order valence-electron chi connectivity index (χ3n) is 4.82. The highest BCUT2D eigenvalue weighted by atomic mass is 32.1. The van der Waals surface area contributed by atoms with Crippen LogP contribution in [0.3, 0.4) is 0 Å². The monoisotopic (exact) mass is 407 g/mol. The van der Waals surface area contributed by atoms with E-state index in [2.05, 4.69) is 20.3 Å². The van der Waals surface area contributed by atoms with E-state index in [0.717, 1.165) is 11.4 Å². The Morgan fingerprint density at radius 2 is 1.97 bits per heavy atom. The van der Waals surface area contributed by atoms with Crippen molar-refractivity contribution in [3.63, 3.8) is 0 Å². The van der Waals surface area contributed by atoms with E-state index in [-0.39, 0.29) is 17.7 Å². The molecule has 0 bridgehead atoms. The molecule has 29 heavy (non-hydrogen) atoms. The number of amides is 2. The SMILES string of the molecule is CCc1nc(-c2ncccn2)sc1C(=O)NCC1CC(=O)N(c2ccccc2)C1. The zero-order valence-electron chi connectivity index (χ0n) is 16.0. The molecule has 1 atom stereocenters. The molecule has 1 aliphatic heterocycles. The van der Waals surface area contributed by atoms with Gasteiger partial charge in [-0.05, 0) is 24.6 Å². The fourth-order valence-electron chi connectivity index (χ4n) is 3.37. The number of aryl methyl sites for hydroxylation is 1. The zero-order chi connectivity index (χ0) is 20.2. The number of carbonyl (C=O) groups is 2. The van der Waals surface area contributed by atoms with Crippen LogP contribution in [0, 0.1) is 5.92 Å². The van der Waals surface area contributed by atoms with E-state index in [4.69, 9.17) is 0 Å². The number of nitrogens with one attached hydrogen (secondary N) is 1. The van der Waals surface area contributed by atoms with Crippen LogP contribution in [0.1, 0.15) is 28.7 Å². The molecule has 1 saturated heterocycles. The summed E-state index contributed by atoms with van der Waals surface area (Å²) >= 11 is 1.30. The number of hydrogen-bond donors (Lipinski definition) is 1. The Morgan fingerprint density at radius 3 is 2.69 bits per heavy atom. The normalized spacial score (nSPS) is 16.2. The van der Waals surface area contributed by atoms with Crippen molar-refractivity contribution in [2.75, 3.05) is 18.0 Å². The minimum absolute atomic E-state index is 0.0848. The Labute approximate surface area is 172 Å². The molecule has 8 heteroatoms. The van der Waals surface area contributed by atoms with Crippen LogP contribution in [0.5, 0.6) is 0 Å². The second kappa shape index (κ2) is 8.48. The predicted molar refractivity (Wildman–Crippen MR) is 112 cm³/mol. The lowest BCUT2D eigenvalue weighted by Gasteiger charge is -2.16. The second-order valence-corrected chi connectivity index (χ2v) is 7.84. The largest absolute Gasteiger partial charge is 0.351 e. The van der Waals surface area contributed by atoms with Gasteiger partial charge in [-0.15, -0.1) is 11.3 Å². The quantitative estimate of drug-likeness (QED) is 0.679. The molecule has 0 aliphatic carbocycles. The van der Waals surface area contributed by atoms with Gasteiger partial charge in [0.05, 0.1) is 5.69 Å². The maximum atomic E-state index is 12.8. The number of anilines is 1. The molecule has 2 amide bonds. The van der Waals surface area contributed by atoms with E-state index in [1.165, 1.54) is 11.3 Å². The number of carbonyl (C=O) groups excluding carboxylic acids is 2. The molecule has 0 spiro atoms. The number of para-hydroxylation sites is 1. The molecule has 1 fully saturated rings. The van der Waals surface area contributed by atoms with Crippen LogP contribution >= 0.6 is 11.3 Å². The summed E-state index contributed by atoms with van der Waals surface area (Å²) in [5.41, 5.74) is 1.64. The smallest absolute Gasteiger partial charge is 0.263 e. The van der Waals surface area contributed by atoms with Crippen LogP contribution in [-0.2, 0) is 11.2 Å². The highest BCUT2D eigenvalue weighted by molar-refractivity contribution is 7.17. The molecule has 3 heterocycles. The number of aromatic nitrogens is 3. The Balaban J connectivity index is 1.41. The van der Waals surface area contributed by atoms with E-state index in [0.29, 0.717) is 41.6 Å². The lowest BCUT2D eigenvalue weighted by atomic mass is 10.1. The number of nitrogens with zero attached hydrogens (tertiary/aromatic N) is 4. The van der Waals surface area contributed by atoms with E-state index < -0.39 is 0 Å². The zero-order valence-corrected chi connectivity index (χ0v) is 16.9. The van der Waals surface area contributed by atoms with Crippen LogP contribution in [0.4, 0.5) is 5.69 Å². The summed E-state index contributed by atoms with van der Waals surface area (Å²) in [7, 11) is 0. The highest BCUT2D eigenvalue weighted by Gasteiger charge is 2.31. The molecule has 4 rings (SSSR count). The van der Waals surface area contributed by atoms with E-state index in [9.17, 15) is 9.59 Å². The Bertz CT molecular complexity index is 1010. The van der Waals surface area contributed by atoms with Gasteiger partial charge in [0.15, 0.2) is 10.8 Å². The Morgan fingerprint density at radius 1 is 1.21 bits per heavy atom. The van der Waals surface area contributed by atoms with Crippen molar-refractivity contribution in [2.24, 2.45) is 5.92 Å². The van der Waals surface area contributed by atoms with E-state index in [1.54, 1.807) is 23.4 Å². The molecule has 1 unspecified atom stereocenters. The molecular weight excluding hydrogens is 386 g/mol. The predicted octanol–water partition coefficient (Wildman–Crippen LogP) is 2.95. The van der Waals surface area contributed by atoms with Gasteiger partial charge in [0, 0.05) is 43.5 Å². The molecule has 2 aromatic heterocycles. The molecule has 1 N–H and O–H groups in total. The van der Waals surface area contributed by atoms with Gasteiger partial charge in [-0.2, -0.15) is 0 Å². The topological polar surface area (TPSA) is 88.1 Å². The van der Waals surface area contributed by atoms with Crippen molar-refractivity contribution in [3.8, 4) is 10.8 Å². The molecule has 148 valence electrons. The van der Waals surface area contributed by atoms with E-state index >= 15 is 0 Å². The van der Waals surface area contributed by atoms with Crippen LogP contribution in [-0.4, -0.2) is 39.9 Å². The average Bonchev–Trinajstić information content (AvgIpc) is 3.37. The molecule has 7 nitrogen and oxygen atoms in total. The van der Waals surface area contributed by atoms with Crippen molar-refractivity contribution in [1.29, 1.82) is 0 Å². The number of rotatable bonds is 6. The summed E-state index contributed by atoms with van der Waals surface area (Å²) in [5.74, 6) is 0.533. The van der Waals surface area contributed by atoms with E-state index in [1.807, 2.05) is 37.3 Å². The molecule has 3 aromatic rings. The fourth-order valence-corrected chi connectivity index (χ4v) is 4.39. The van der Waals surface area contributed by atoms with Crippen LogP contribution in [0.25, 0.3) is 10.8 Å². The summed E-state index contributed by atoms with van der Waals surface area (Å²) in [4.78, 5) is 40.5. The van der Waals surface area contributed by atoms with Gasteiger partial charge in [-0.1, -0.05) is 25.1 Å². The maximum Gasteiger partial charge on any atom is 0.263 e. The number of benzene rings is 1. The lowest BCUT2D eigenvalue weighted by molar-refractivity contribution is -0.117. The summed E-state index contributed by atoms with van der Waals surface area (Å²) in [5, 5.41) is 3.62. The number of thiazole rings is 1. The highest BCUT2D eigenvalue weighted by Crippen LogP contribution is 2.27. The molecular formula is C21H21N5O2S. The fraction of sp³-hybridized carbons (Fsp3) is 0.286. The summed E-state index contributed by atoms with van der Waals surface area (Å²) < 4.78 is 0. The van der Waals surface area contributed by atoms with Gasteiger partial charge in [0.2, 0.25) is 5.91 Å². The van der Waals surface area contributed by atoms with Crippen molar-refractivity contribution in [2.45, 2.75) is 19.8 Å². The van der Waals surface area contributed by atoms with Gasteiger partial charge in [-0.25, -0.2) is 15.0 Å². The van der Waals surface area contributed by atoms with Crippen LogP contribution in [0.15, 0.2) is 48.8 Å². The van der Waals surface area contributed by atoms with Gasteiger partial charge in [0.25, 0.3) is 5.91 Å². The van der Waals surface area contributed by atoms with Gasteiger partial charge in [0.1, 0.15) is 4.88 Å². The first-order valence-corrected chi connectivity index (χ1v) is 10.4. The lowest BCUT2D eigenvalue weighted by Crippen LogP contribution is -2.31. The first kappa shape index (κ1) is 19.2.